The molecule has 1 fully saturated rings. The summed E-state index contributed by atoms with van der Waals surface area (Å²) in [6.45, 7) is 6.40. The van der Waals surface area contributed by atoms with Crippen molar-refractivity contribution in [3.8, 4) is 5.88 Å². The number of likely N-dealkylation sites (tertiary alicyclic amines) is 1. The van der Waals surface area contributed by atoms with Gasteiger partial charge in [0, 0.05) is 25.5 Å². The highest BCUT2D eigenvalue weighted by Gasteiger charge is 2.50. The van der Waals surface area contributed by atoms with Crippen LogP contribution in [0.25, 0.3) is 0 Å². The van der Waals surface area contributed by atoms with E-state index in [1.54, 1.807) is 33.8 Å². The zero-order valence-corrected chi connectivity index (χ0v) is 15.3. The number of carbonyl (C=O) groups is 1. The van der Waals surface area contributed by atoms with Gasteiger partial charge in [-0.15, -0.1) is 0 Å². The fourth-order valence-corrected chi connectivity index (χ4v) is 2.67. The zero-order valence-electron chi connectivity index (χ0n) is 15.3. The van der Waals surface area contributed by atoms with Gasteiger partial charge in [-0.25, -0.2) is 9.78 Å². The number of ether oxygens (including phenoxy) is 2. The van der Waals surface area contributed by atoms with Gasteiger partial charge in [-0.3, -0.25) is 4.90 Å². The molecular weight excluding hydrogens is 351 g/mol. The summed E-state index contributed by atoms with van der Waals surface area (Å²) in [6.07, 6.45) is -6.40. The summed E-state index contributed by atoms with van der Waals surface area (Å²) in [7, 11) is 0. The molecule has 2 N–H and O–H groups in total. The number of hydrogen-bond acceptors (Lipinski definition) is 5. The molecule has 0 aliphatic carbocycles. The van der Waals surface area contributed by atoms with E-state index in [0.717, 1.165) is 4.90 Å². The number of hydrogen-bond donors (Lipinski definition) is 1. The number of halogens is 3. The molecule has 1 aromatic heterocycles. The molecular formula is C17H24F3N3O3. The maximum Gasteiger partial charge on any atom is 0.410 e. The first-order chi connectivity index (χ1) is 11.9. The molecule has 9 heteroatoms. The summed E-state index contributed by atoms with van der Waals surface area (Å²) in [5, 5.41) is 0. The molecule has 6 nitrogen and oxygen atoms in total. The molecule has 2 heterocycles. The zero-order chi connectivity index (χ0) is 19.7. The lowest BCUT2D eigenvalue weighted by atomic mass is 9.99. The van der Waals surface area contributed by atoms with Gasteiger partial charge < -0.3 is 15.2 Å². The summed E-state index contributed by atoms with van der Waals surface area (Å²) in [5.74, 6) is 0.216. The van der Waals surface area contributed by atoms with Crippen LogP contribution in [0.15, 0.2) is 12.1 Å². The van der Waals surface area contributed by atoms with E-state index in [1.165, 1.54) is 6.07 Å². The summed E-state index contributed by atoms with van der Waals surface area (Å²) in [5.41, 5.74) is 5.83. The molecule has 2 rings (SSSR count). The number of pyridine rings is 1. The van der Waals surface area contributed by atoms with Gasteiger partial charge in [0.25, 0.3) is 0 Å². The van der Waals surface area contributed by atoms with Gasteiger partial charge >= 0.3 is 12.3 Å². The van der Waals surface area contributed by atoms with Crippen molar-refractivity contribution in [3.05, 3.63) is 17.8 Å². The van der Waals surface area contributed by atoms with E-state index in [-0.39, 0.29) is 25.3 Å². The minimum absolute atomic E-state index is 0.113. The summed E-state index contributed by atoms with van der Waals surface area (Å²) >= 11 is 0. The third-order valence-corrected chi connectivity index (χ3v) is 3.95. The van der Waals surface area contributed by atoms with Crippen molar-refractivity contribution in [1.29, 1.82) is 0 Å². The second-order valence-electron chi connectivity index (χ2n) is 7.32. The van der Waals surface area contributed by atoms with E-state index in [1.807, 2.05) is 0 Å². The number of aromatic nitrogens is 1. The van der Waals surface area contributed by atoms with Gasteiger partial charge in [0.2, 0.25) is 5.88 Å². The first-order valence-electron chi connectivity index (χ1n) is 8.33. The van der Waals surface area contributed by atoms with Crippen molar-refractivity contribution < 1.29 is 27.4 Å². The van der Waals surface area contributed by atoms with Gasteiger partial charge in [-0.05, 0) is 33.8 Å². The van der Waals surface area contributed by atoms with E-state index in [9.17, 15) is 18.0 Å². The van der Waals surface area contributed by atoms with Crippen LogP contribution in [0, 0.1) is 6.92 Å². The number of anilines is 1. The molecule has 0 spiro atoms. The van der Waals surface area contributed by atoms with Crippen LogP contribution in [-0.4, -0.2) is 46.4 Å². The van der Waals surface area contributed by atoms with Gasteiger partial charge in [0.1, 0.15) is 17.7 Å². The standard InChI is InChI=1S/C17H24F3N3O3/c1-10-12(21)5-6-14(22-10)25-11-7-8-23(13(9-11)17(18,19)20)15(24)26-16(2,3)4/h5-6,11,13H,7-9,21H2,1-4H3. The second-order valence-corrected chi connectivity index (χ2v) is 7.32. The Morgan fingerprint density at radius 1 is 1.31 bits per heavy atom. The maximum absolute atomic E-state index is 13.5. The second kappa shape index (κ2) is 7.20. The quantitative estimate of drug-likeness (QED) is 0.853. The Balaban J connectivity index is 2.12. The Bertz CT molecular complexity index is 659. The Morgan fingerprint density at radius 3 is 2.50 bits per heavy atom. The average Bonchev–Trinajstić information content (AvgIpc) is 2.48. The Kier molecular flexibility index (Phi) is 5.58. The van der Waals surface area contributed by atoms with Crippen molar-refractivity contribution in [2.24, 2.45) is 0 Å². The first-order valence-corrected chi connectivity index (χ1v) is 8.33. The smallest absolute Gasteiger partial charge is 0.410 e. The summed E-state index contributed by atoms with van der Waals surface area (Å²) < 4.78 is 51.1. The maximum atomic E-state index is 13.5. The molecule has 0 bridgehead atoms. The summed E-state index contributed by atoms with van der Waals surface area (Å²) in [4.78, 5) is 17.0. The highest BCUT2D eigenvalue weighted by atomic mass is 19.4. The lowest BCUT2D eigenvalue weighted by molar-refractivity contribution is -0.194. The molecule has 2 atom stereocenters. The molecule has 1 aliphatic heterocycles. The Hall–Kier alpha value is -2.19. The topological polar surface area (TPSA) is 77.7 Å². The summed E-state index contributed by atoms with van der Waals surface area (Å²) in [6, 6.07) is 1.14. The normalized spacial score (nSPS) is 21.4. The van der Waals surface area contributed by atoms with Crippen LogP contribution in [0.5, 0.6) is 5.88 Å². The number of nitrogen functional groups attached to an aromatic ring is 1. The van der Waals surface area contributed by atoms with Crippen molar-refractivity contribution in [3.63, 3.8) is 0 Å². The number of rotatable bonds is 2. The van der Waals surface area contributed by atoms with Crippen LogP contribution >= 0.6 is 0 Å². The fourth-order valence-electron chi connectivity index (χ4n) is 2.67. The lowest BCUT2D eigenvalue weighted by Gasteiger charge is -2.40. The molecule has 26 heavy (non-hydrogen) atoms. The highest BCUT2D eigenvalue weighted by Crippen LogP contribution is 2.34. The minimum atomic E-state index is -4.58. The number of alkyl halides is 3. The van der Waals surface area contributed by atoms with Crippen LogP contribution in [0.3, 0.4) is 0 Å². The van der Waals surface area contributed by atoms with Crippen molar-refractivity contribution >= 4 is 11.8 Å². The molecule has 0 saturated carbocycles. The molecule has 1 saturated heterocycles. The number of piperidine rings is 1. The van der Waals surface area contributed by atoms with E-state index in [2.05, 4.69) is 4.98 Å². The Labute approximate surface area is 150 Å². The molecule has 146 valence electrons. The first kappa shape index (κ1) is 20.1. The van der Waals surface area contributed by atoms with Gasteiger partial charge in [0.15, 0.2) is 0 Å². The third kappa shape index (κ3) is 5.15. The van der Waals surface area contributed by atoms with E-state index >= 15 is 0 Å². The predicted molar refractivity (Wildman–Crippen MR) is 89.8 cm³/mol. The van der Waals surface area contributed by atoms with Gasteiger partial charge in [0.05, 0.1) is 11.4 Å². The van der Waals surface area contributed by atoms with Crippen LogP contribution in [0.4, 0.5) is 23.7 Å². The minimum Gasteiger partial charge on any atom is -0.474 e. The largest absolute Gasteiger partial charge is 0.474 e. The lowest BCUT2D eigenvalue weighted by Crippen LogP contribution is -2.56. The molecule has 1 aliphatic rings. The molecule has 1 aromatic rings. The van der Waals surface area contributed by atoms with Crippen LogP contribution in [-0.2, 0) is 4.74 Å². The monoisotopic (exact) mass is 375 g/mol. The molecule has 0 aromatic carbocycles. The number of amides is 1. The SMILES string of the molecule is Cc1nc(OC2CCN(C(=O)OC(C)(C)C)C(C(F)(F)F)C2)ccc1N. The number of carbonyl (C=O) groups excluding carboxylic acids is 1. The average molecular weight is 375 g/mol. The van der Waals surface area contributed by atoms with Gasteiger partial charge in [-0.2, -0.15) is 13.2 Å². The predicted octanol–water partition coefficient (Wildman–Crippen LogP) is 3.68. The van der Waals surface area contributed by atoms with E-state index < -0.39 is 30.0 Å². The van der Waals surface area contributed by atoms with Crippen molar-refractivity contribution in [2.45, 2.75) is 64.5 Å². The number of nitrogens with two attached hydrogens (primary N) is 1. The van der Waals surface area contributed by atoms with Crippen molar-refractivity contribution in [2.75, 3.05) is 12.3 Å². The van der Waals surface area contributed by atoms with Crippen LogP contribution < -0.4 is 10.5 Å². The molecule has 2 unspecified atom stereocenters. The van der Waals surface area contributed by atoms with E-state index in [4.69, 9.17) is 15.2 Å². The molecule has 1 amide bonds. The number of aryl methyl sites for hydroxylation is 1. The Morgan fingerprint density at radius 2 is 1.96 bits per heavy atom. The van der Waals surface area contributed by atoms with Crippen LogP contribution in [0.2, 0.25) is 0 Å². The van der Waals surface area contributed by atoms with Crippen molar-refractivity contribution in [1.82, 2.24) is 9.88 Å². The highest BCUT2D eigenvalue weighted by molar-refractivity contribution is 5.69. The molecule has 0 radical (unpaired) electrons. The third-order valence-electron chi connectivity index (χ3n) is 3.95. The van der Waals surface area contributed by atoms with Gasteiger partial charge in [-0.1, -0.05) is 0 Å². The van der Waals surface area contributed by atoms with Crippen LogP contribution in [0.1, 0.15) is 39.3 Å². The fraction of sp³-hybridized carbons (Fsp3) is 0.647. The number of nitrogens with zero attached hydrogens (tertiary/aromatic N) is 2. The van der Waals surface area contributed by atoms with E-state index in [0.29, 0.717) is 11.4 Å².